The van der Waals surface area contributed by atoms with Crippen molar-refractivity contribution in [3.63, 3.8) is 0 Å². The second kappa shape index (κ2) is 8.31. The zero-order chi connectivity index (χ0) is 19.4. The van der Waals surface area contributed by atoms with Crippen molar-refractivity contribution in [2.75, 3.05) is 25.0 Å². The molecule has 2 aromatic carbocycles. The summed E-state index contributed by atoms with van der Waals surface area (Å²) in [6.45, 7) is 8.17. The minimum absolute atomic E-state index is 0.313. The summed E-state index contributed by atoms with van der Waals surface area (Å²) in [5.74, 6) is -2.08. The molecule has 6 heteroatoms. The van der Waals surface area contributed by atoms with E-state index in [0.717, 1.165) is 55.3 Å². The number of amides is 1. The molecule has 0 spiro atoms. The number of carbonyl (C=O) groups excluding carboxylic acids is 1. The minimum atomic E-state index is -0.752. The van der Waals surface area contributed by atoms with Gasteiger partial charge in [0.15, 0.2) is 0 Å². The van der Waals surface area contributed by atoms with Crippen molar-refractivity contribution in [1.29, 1.82) is 0 Å². The first-order valence-electron chi connectivity index (χ1n) is 9.09. The number of hydrogen-bond acceptors (Lipinski definition) is 2. The van der Waals surface area contributed by atoms with Crippen LogP contribution in [0.3, 0.4) is 0 Å². The first kappa shape index (κ1) is 19.0. The molecular weight excluding hydrogens is 348 g/mol. The van der Waals surface area contributed by atoms with Gasteiger partial charge >= 0.3 is 0 Å². The Labute approximate surface area is 157 Å². The van der Waals surface area contributed by atoms with E-state index in [1.54, 1.807) is 6.07 Å². The van der Waals surface area contributed by atoms with Crippen molar-refractivity contribution in [3.05, 3.63) is 65.9 Å². The van der Waals surface area contributed by atoms with Crippen LogP contribution in [0.2, 0.25) is 0 Å². The number of aromatic nitrogens is 1. The Kier molecular flexibility index (Phi) is 5.86. The molecule has 0 unspecified atom stereocenters. The van der Waals surface area contributed by atoms with Gasteiger partial charge in [0.2, 0.25) is 0 Å². The average Bonchev–Trinajstić information content (AvgIpc) is 3.07. The van der Waals surface area contributed by atoms with E-state index < -0.39 is 17.5 Å². The maximum Gasteiger partial charge on any atom is 0.258 e. The van der Waals surface area contributed by atoms with Crippen LogP contribution in [0.1, 0.15) is 24.2 Å². The Balaban J connectivity index is 1.75. The SMILES string of the molecule is CCN(CC)CCn1ccc2cc(NC(=O)c3cc(F)ccc3F)ccc21. The molecule has 0 saturated heterocycles. The molecule has 0 aliphatic heterocycles. The Bertz CT molecular complexity index is 948. The largest absolute Gasteiger partial charge is 0.346 e. The lowest BCUT2D eigenvalue weighted by Gasteiger charge is -2.18. The smallest absolute Gasteiger partial charge is 0.258 e. The third kappa shape index (κ3) is 4.34. The molecule has 3 aromatic rings. The topological polar surface area (TPSA) is 37.3 Å². The second-order valence-electron chi connectivity index (χ2n) is 6.39. The van der Waals surface area contributed by atoms with Gasteiger partial charge in [-0.1, -0.05) is 13.8 Å². The van der Waals surface area contributed by atoms with Crippen LogP contribution in [-0.2, 0) is 6.54 Å². The first-order valence-corrected chi connectivity index (χ1v) is 9.09. The summed E-state index contributed by atoms with van der Waals surface area (Å²) < 4.78 is 29.2. The van der Waals surface area contributed by atoms with E-state index in [-0.39, 0.29) is 5.56 Å². The molecule has 1 aromatic heterocycles. The van der Waals surface area contributed by atoms with Crippen molar-refractivity contribution < 1.29 is 13.6 Å². The lowest BCUT2D eigenvalue weighted by molar-refractivity contribution is 0.102. The lowest BCUT2D eigenvalue weighted by Crippen LogP contribution is -2.26. The van der Waals surface area contributed by atoms with E-state index >= 15 is 0 Å². The van der Waals surface area contributed by atoms with Gasteiger partial charge < -0.3 is 14.8 Å². The van der Waals surface area contributed by atoms with Gasteiger partial charge in [-0.3, -0.25) is 4.79 Å². The van der Waals surface area contributed by atoms with Crippen LogP contribution in [0.25, 0.3) is 10.9 Å². The predicted octanol–water partition coefficient (Wildman–Crippen LogP) is 4.51. The Morgan fingerprint density at radius 3 is 2.59 bits per heavy atom. The average molecular weight is 371 g/mol. The quantitative estimate of drug-likeness (QED) is 0.663. The van der Waals surface area contributed by atoms with Crippen molar-refractivity contribution >= 4 is 22.5 Å². The van der Waals surface area contributed by atoms with Crippen LogP contribution < -0.4 is 5.32 Å². The fraction of sp³-hybridized carbons (Fsp3) is 0.286. The number of nitrogens with one attached hydrogen (secondary N) is 1. The molecule has 0 bridgehead atoms. The normalized spacial score (nSPS) is 11.3. The van der Waals surface area contributed by atoms with E-state index in [0.29, 0.717) is 5.69 Å². The summed E-state index contributed by atoms with van der Waals surface area (Å²) >= 11 is 0. The molecule has 0 radical (unpaired) electrons. The fourth-order valence-electron chi connectivity index (χ4n) is 3.13. The third-order valence-electron chi connectivity index (χ3n) is 4.75. The van der Waals surface area contributed by atoms with E-state index in [4.69, 9.17) is 0 Å². The van der Waals surface area contributed by atoms with Gasteiger partial charge in [-0.2, -0.15) is 0 Å². The van der Waals surface area contributed by atoms with Crippen LogP contribution in [0.5, 0.6) is 0 Å². The summed E-state index contributed by atoms with van der Waals surface area (Å²) in [5.41, 5.74) is 1.29. The van der Waals surface area contributed by atoms with E-state index in [2.05, 4.69) is 28.6 Å². The molecule has 142 valence electrons. The number of halogens is 2. The van der Waals surface area contributed by atoms with Crippen LogP contribution >= 0.6 is 0 Å². The van der Waals surface area contributed by atoms with Crippen LogP contribution in [0.15, 0.2) is 48.7 Å². The predicted molar refractivity (Wildman–Crippen MR) is 104 cm³/mol. The molecule has 0 atom stereocenters. The maximum atomic E-state index is 13.8. The Hall–Kier alpha value is -2.73. The van der Waals surface area contributed by atoms with Gasteiger partial charge in [-0.15, -0.1) is 0 Å². The Morgan fingerprint density at radius 1 is 1.07 bits per heavy atom. The van der Waals surface area contributed by atoms with E-state index in [1.165, 1.54) is 0 Å². The summed E-state index contributed by atoms with van der Waals surface area (Å²) in [6, 6.07) is 10.3. The highest BCUT2D eigenvalue weighted by molar-refractivity contribution is 6.05. The second-order valence-corrected chi connectivity index (χ2v) is 6.39. The summed E-state index contributed by atoms with van der Waals surface area (Å²) in [7, 11) is 0. The number of fused-ring (bicyclic) bond motifs is 1. The molecule has 1 N–H and O–H groups in total. The summed E-state index contributed by atoms with van der Waals surface area (Å²) in [6.07, 6.45) is 2.02. The molecule has 1 amide bonds. The van der Waals surface area contributed by atoms with Crippen LogP contribution in [0.4, 0.5) is 14.5 Å². The van der Waals surface area contributed by atoms with Crippen molar-refractivity contribution in [3.8, 4) is 0 Å². The number of likely N-dealkylation sites (N-methyl/N-ethyl adjacent to an activating group) is 1. The summed E-state index contributed by atoms with van der Waals surface area (Å²) in [5, 5.41) is 3.61. The number of nitrogens with zero attached hydrogens (tertiary/aromatic N) is 2. The van der Waals surface area contributed by atoms with E-state index in [1.807, 2.05) is 24.4 Å². The van der Waals surface area contributed by atoms with Crippen LogP contribution in [0, 0.1) is 11.6 Å². The number of anilines is 1. The van der Waals surface area contributed by atoms with Gasteiger partial charge in [-0.05, 0) is 55.6 Å². The molecule has 0 saturated carbocycles. The standard InChI is InChI=1S/C21H23F2N3O/c1-3-25(4-2)11-12-26-10-9-15-13-17(6-8-20(15)26)24-21(27)18-14-16(22)5-7-19(18)23/h5-10,13-14H,3-4,11-12H2,1-2H3,(H,24,27). The number of carbonyl (C=O) groups is 1. The van der Waals surface area contributed by atoms with E-state index in [9.17, 15) is 13.6 Å². The monoisotopic (exact) mass is 371 g/mol. The van der Waals surface area contributed by atoms with Gasteiger partial charge in [0.05, 0.1) is 5.56 Å². The minimum Gasteiger partial charge on any atom is -0.346 e. The fourth-order valence-corrected chi connectivity index (χ4v) is 3.13. The molecule has 1 heterocycles. The van der Waals surface area contributed by atoms with Crippen molar-refractivity contribution in [1.82, 2.24) is 9.47 Å². The zero-order valence-electron chi connectivity index (χ0n) is 15.5. The number of benzene rings is 2. The molecule has 0 aliphatic carbocycles. The molecule has 3 rings (SSSR count). The molecule has 0 aliphatic rings. The highest BCUT2D eigenvalue weighted by Gasteiger charge is 2.13. The third-order valence-corrected chi connectivity index (χ3v) is 4.75. The van der Waals surface area contributed by atoms with Gasteiger partial charge in [0.1, 0.15) is 11.6 Å². The molecule has 27 heavy (non-hydrogen) atoms. The maximum absolute atomic E-state index is 13.8. The zero-order valence-corrected chi connectivity index (χ0v) is 15.5. The van der Waals surface area contributed by atoms with Crippen molar-refractivity contribution in [2.45, 2.75) is 20.4 Å². The van der Waals surface area contributed by atoms with Gasteiger partial charge in [0, 0.05) is 35.9 Å². The number of hydrogen-bond donors (Lipinski definition) is 1. The lowest BCUT2D eigenvalue weighted by atomic mass is 10.1. The Morgan fingerprint density at radius 2 is 1.85 bits per heavy atom. The molecule has 4 nitrogen and oxygen atoms in total. The van der Waals surface area contributed by atoms with Crippen molar-refractivity contribution in [2.24, 2.45) is 0 Å². The summed E-state index contributed by atoms with van der Waals surface area (Å²) in [4.78, 5) is 14.6. The highest BCUT2D eigenvalue weighted by atomic mass is 19.1. The highest BCUT2D eigenvalue weighted by Crippen LogP contribution is 2.22. The van der Waals surface area contributed by atoms with Gasteiger partial charge in [-0.25, -0.2) is 8.78 Å². The molecular formula is C21H23F2N3O. The van der Waals surface area contributed by atoms with Gasteiger partial charge in [0.25, 0.3) is 5.91 Å². The molecule has 0 fully saturated rings. The number of rotatable bonds is 7. The van der Waals surface area contributed by atoms with Crippen LogP contribution in [-0.4, -0.2) is 35.0 Å². The first-order chi connectivity index (χ1) is 13.0.